The molecule has 2 aromatic carbocycles. The molecule has 1 aromatic heterocycles. The van der Waals surface area contributed by atoms with Crippen molar-refractivity contribution in [3.05, 3.63) is 91.0 Å². The quantitative estimate of drug-likeness (QED) is 0.241. The van der Waals surface area contributed by atoms with E-state index in [9.17, 15) is 19.7 Å². The van der Waals surface area contributed by atoms with Crippen LogP contribution in [0.4, 0.5) is 10.5 Å². The van der Waals surface area contributed by atoms with E-state index in [0.717, 1.165) is 16.7 Å². The molecule has 1 aliphatic rings. The van der Waals surface area contributed by atoms with Crippen LogP contribution in [0.5, 0.6) is 0 Å². The summed E-state index contributed by atoms with van der Waals surface area (Å²) in [5, 5.41) is 11.6. The van der Waals surface area contributed by atoms with Gasteiger partial charge in [-0.3, -0.25) is 24.6 Å². The predicted octanol–water partition coefficient (Wildman–Crippen LogP) is 6.40. The lowest BCUT2D eigenvalue weighted by Gasteiger charge is -2.13. The lowest BCUT2D eigenvalue weighted by atomic mass is 10.1. The fraction of sp³-hybridized carbons (Fsp3) is 0.0476. The van der Waals surface area contributed by atoms with E-state index >= 15 is 0 Å². The third-order valence-corrected chi connectivity index (χ3v) is 5.98. The fourth-order valence-corrected chi connectivity index (χ4v) is 4.29. The van der Waals surface area contributed by atoms with Gasteiger partial charge in [0.25, 0.3) is 16.8 Å². The number of para-hydroxylation sites is 1. The number of amides is 2. The molecule has 10 heteroatoms. The Morgan fingerprint density at radius 2 is 1.87 bits per heavy atom. The lowest BCUT2D eigenvalue weighted by molar-refractivity contribution is -0.384. The van der Waals surface area contributed by atoms with Crippen LogP contribution in [0.25, 0.3) is 17.4 Å². The summed E-state index contributed by atoms with van der Waals surface area (Å²) >= 11 is 12.8. The summed E-state index contributed by atoms with van der Waals surface area (Å²) in [5.74, 6) is 0.0959. The number of imide groups is 1. The molecule has 2 heterocycles. The lowest BCUT2D eigenvalue weighted by Crippen LogP contribution is -2.27. The highest BCUT2D eigenvalue weighted by molar-refractivity contribution is 8.18. The van der Waals surface area contributed by atoms with Gasteiger partial charge in [0.15, 0.2) is 0 Å². The predicted molar refractivity (Wildman–Crippen MR) is 119 cm³/mol. The largest absolute Gasteiger partial charge is 0.456 e. The van der Waals surface area contributed by atoms with Crippen molar-refractivity contribution in [3.8, 4) is 11.3 Å². The van der Waals surface area contributed by atoms with Crippen molar-refractivity contribution in [3.63, 3.8) is 0 Å². The summed E-state index contributed by atoms with van der Waals surface area (Å²) in [6.45, 7) is 0.0115. The van der Waals surface area contributed by atoms with Crippen molar-refractivity contribution in [2.75, 3.05) is 0 Å². The molecule has 1 fully saturated rings. The smallest absolute Gasteiger partial charge is 0.293 e. The second kappa shape index (κ2) is 8.58. The molecule has 3 aromatic rings. The van der Waals surface area contributed by atoms with Crippen LogP contribution in [0.1, 0.15) is 11.3 Å². The summed E-state index contributed by atoms with van der Waals surface area (Å²) in [6.07, 6.45) is 1.44. The van der Waals surface area contributed by atoms with Gasteiger partial charge in [0.05, 0.1) is 21.9 Å². The van der Waals surface area contributed by atoms with Gasteiger partial charge in [-0.1, -0.05) is 41.4 Å². The number of hydrogen-bond acceptors (Lipinski definition) is 6. The average Bonchev–Trinajstić information content (AvgIpc) is 3.30. The van der Waals surface area contributed by atoms with Crippen molar-refractivity contribution in [2.45, 2.75) is 6.54 Å². The second-order valence-electron chi connectivity index (χ2n) is 6.48. The van der Waals surface area contributed by atoms with Gasteiger partial charge < -0.3 is 4.42 Å². The first-order chi connectivity index (χ1) is 14.8. The molecular weight excluding hydrogens is 463 g/mol. The van der Waals surface area contributed by atoms with Crippen LogP contribution in [0, 0.1) is 10.1 Å². The Labute approximate surface area is 190 Å². The van der Waals surface area contributed by atoms with Crippen LogP contribution in [0.3, 0.4) is 0 Å². The van der Waals surface area contributed by atoms with Gasteiger partial charge in [-0.2, -0.15) is 0 Å². The highest BCUT2D eigenvalue weighted by Crippen LogP contribution is 2.36. The molecule has 0 N–H and O–H groups in total. The third-order valence-electron chi connectivity index (χ3n) is 4.48. The highest BCUT2D eigenvalue weighted by Gasteiger charge is 2.35. The number of furan rings is 1. The van der Waals surface area contributed by atoms with Crippen LogP contribution in [0.15, 0.2) is 63.9 Å². The molecule has 0 aliphatic carbocycles. The maximum Gasteiger partial charge on any atom is 0.293 e. The minimum atomic E-state index is -0.495. The van der Waals surface area contributed by atoms with Gasteiger partial charge in [0.2, 0.25) is 0 Å². The van der Waals surface area contributed by atoms with E-state index in [-0.39, 0.29) is 22.9 Å². The van der Waals surface area contributed by atoms with E-state index in [4.69, 9.17) is 27.6 Å². The van der Waals surface area contributed by atoms with Crippen molar-refractivity contribution in [1.82, 2.24) is 4.90 Å². The van der Waals surface area contributed by atoms with Crippen LogP contribution in [-0.2, 0) is 11.3 Å². The van der Waals surface area contributed by atoms with Gasteiger partial charge in [-0.15, -0.1) is 0 Å². The number of rotatable bonds is 5. The van der Waals surface area contributed by atoms with Crippen LogP contribution in [0.2, 0.25) is 10.0 Å². The number of nitro benzene ring substituents is 1. The summed E-state index contributed by atoms with van der Waals surface area (Å²) in [6, 6.07) is 14.2. The molecule has 156 valence electrons. The first-order valence-electron chi connectivity index (χ1n) is 8.86. The van der Waals surface area contributed by atoms with E-state index in [2.05, 4.69) is 0 Å². The van der Waals surface area contributed by atoms with Gasteiger partial charge in [-0.05, 0) is 47.7 Å². The van der Waals surface area contributed by atoms with Crippen LogP contribution in [-0.4, -0.2) is 21.0 Å². The van der Waals surface area contributed by atoms with Gasteiger partial charge in [-0.25, -0.2) is 0 Å². The molecule has 0 saturated carbocycles. The van der Waals surface area contributed by atoms with Crippen LogP contribution < -0.4 is 0 Å². The zero-order valence-electron chi connectivity index (χ0n) is 15.6. The van der Waals surface area contributed by atoms with Crippen molar-refractivity contribution in [2.24, 2.45) is 0 Å². The number of thioether (sulfide) groups is 1. The maximum atomic E-state index is 12.7. The second-order valence-corrected chi connectivity index (χ2v) is 8.32. The molecule has 2 amide bonds. The zero-order chi connectivity index (χ0) is 22.1. The standard InChI is InChI=1S/C21H12Cl2N2O5S/c22-13-6-5-12(16(23)9-13)11-24-20(26)19(31-21(24)27)10-14-7-8-18(30-14)15-3-1-2-4-17(15)25(28)29/h1-10H,11H2/b19-10-. The minimum Gasteiger partial charge on any atom is -0.456 e. The average molecular weight is 475 g/mol. The number of carbonyl (C=O) groups is 2. The van der Waals surface area contributed by atoms with E-state index in [1.165, 1.54) is 12.1 Å². The number of nitrogens with zero attached hydrogens (tertiary/aromatic N) is 2. The maximum absolute atomic E-state index is 12.7. The topological polar surface area (TPSA) is 93.7 Å². The van der Waals surface area contributed by atoms with E-state index in [0.29, 0.717) is 26.9 Å². The number of carbonyl (C=O) groups excluding carboxylic acids is 2. The normalized spacial score (nSPS) is 15.2. The third kappa shape index (κ3) is 4.36. The molecule has 7 nitrogen and oxygen atoms in total. The molecule has 31 heavy (non-hydrogen) atoms. The Morgan fingerprint density at radius 3 is 2.61 bits per heavy atom. The summed E-state index contributed by atoms with van der Waals surface area (Å²) in [4.78, 5) is 37.1. The summed E-state index contributed by atoms with van der Waals surface area (Å²) < 4.78 is 5.68. The van der Waals surface area contributed by atoms with E-state index < -0.39 is 16.1 Å². The monoisotopic (exact) mass is 474 g/mol. The fourth-order valence-electron chi connectivity index (χ4n) is 3.00. The number of halogens is 2. The molecule has 1 aliphatic heterocycles. The molecule has 0 bridgehead atoms. The van der Waals surface area contributed by atoms with Crippen LogP contribution >= 0.6 is 35.0 Å². The highest BCUT2D eigenvalue weighted by atomic mass is 35.5. The van der Waals surface area contributed by atoms with Gasteiger partial charge >= 0.3 is 0 Å². The minimum absolute atomic E-state index is 0.0115. The zero-order valence-corrected chi connectivity index (χ0v) is 17.9. The molecule has 0 atom stereocenters. The first kappa shape index (κ1) is 21.2. The first-order valence-corrected chi connectivity index (χ1v) is 10.4. The summed E-state index contributed by atoms with van der Waals surface area (Å²) in [7, 11) is 0. The summed E-state index contributed by atoms with van der Waals surface area (Å²) in [5.41, 5.74) is 0.812. The Hall–Kier alpha value is -3.07. The van der Waals surface area contributed by atoms with E-state index in [1.54, 1.807) is 48.5 Å². The molecule has 4 rings (SSSR count). The van der Waals surface area contributed by atoms with Crippen molar-refractivity contribution < 1.29 is 18.9 Å². The van der Waals surface area contributed by atoms with Crippen molar-refractivity contribution in [1.29, 1.82) is 0 Å². The van der Waals surface area contributed by atoms with Crippen molar-refractivity contribution >= 4 is 57.9 Å². The molecule has 1 saturated heterocycles. The number of nitro groups is 1. The Bertz CT molecular complexity index is 1250. The molecular formula is C21H12Cl2N2O5S. The van der Waals surface area contributed by atoms with Gasteiger partial charge in [0, 0.05) is 22.2 Å². The number of benzene rings is 2. The molecule has 0 unspecified atom stereocenters. The van der Waals surface area contributed by atoms with Gasteiger partial charge in [0.1, 0.15) is 11.5 Å². The molecule has 0 spiro atoms. The Balaban J connectivity index is 1.57. The molecule has 0 radical (unpaired) electrons. The number of hydrogen-bond donors (Lipinski definition) is 0. The SMILES string of the molecule is O=C1S/C(=C\c2ccc(-c3ccccc3[N+](=O)[O-])o2)C(=O)N1Cc1ccc(Cl)cc1Cl. The Kier molecular flexibility index (Phi) is 5.86. The van der Waals surface area contributed by atoms with E-state index in [1.807, 2.05) is 0 Å². The Morgan fingerprint density at radius 1 is 1.10 bits per heavy atom.